The average molecular weight is 591 g/mol. The maximum atomic E-state index is 13.4. The molecule has 8 nitrogen and oxygen atoms in total. The van der Waals surface area contributed by atoms with Crippen molar-refractivity contribution in [2.75, 3.05) is 12.0 Å². The highest BCUT2D eigenvalue weighted by Crippen LogP contribution is 2.34. The molecule has 1 fully saturated rings. The number of carboxylic acids is 1. The number of nitrogens with zero attached hydrogens (tertiary/aromatic N) is 3. The van der Waals surface area contributed by atoms with Gasteiger partial charge in [-0.2, -0.15) is 11.8 Å². The molecule has 9 heteroatoms. The maximum Gasteiger partial charge on any atom is 0.326 e. The molecule has 224 valence electrons. The van der Waals surface area contributed by atoms with Crippen LogP contribution >= 0.6 is 11.8 Å². The molecular formula is C33H42N4O4S. The SMILES string of the molecule is CSCCC(NC(=O)c1ccc(COC(CCC2CCCCC2)c2cnnnc2C)cc1-c1ccccc1C)C(=O)O. The van der Waals surface area contributed by atoms with Gasteiger partial charge in [-0.25, -0.2) is 4.79 Å². The fourth-order valence-corrected chi connectivity index (χ4v) is 6.21. The van der Waals surface area contributed by atoms with E-state index < -0.39 is 17.9 Å². The second-order valence-corrected chi connectivity index (χ2v) is 12.2. The zero-order chi connectivity index (χ0) is 29.9. The largest absolute Gasteiger partial charge is 0.480 e. The molecule has 0 saturated heterocycles. The predicted molar refractivity (Wildman–Crippen MR) is 166 cm³/mol. The molecule has 2 unspecified atom stereocenters. The zero-order valence-corrected chi connectivity index (χ0v) is 25.7. The van der Waals surface area contributed by atoms with Gasteiger partial charge in [0, 0.05) is 11.1 Å². The van der Waals surface area contributed by atoms with E-state index in [9.17, 15) is 14.7 Å². The van der Waals surface area contributed by atoms with Crippen LogP contribution in [0.5, 0.6) is 0 Å². The molecule has 1 amide bonds. The molecule has 4 rings (SSSR count). The highest BCUT2D eigenvalue weighted by atomic mass is 32.2. The number of aliphatic carboxylic acids is 1. The minimum absolute atomic E-state index is 0.160. The van der Waals surface area contributed by atoms with Gasteiger partial charge in [-0.3, -0.25) is 4.79 Å². The molecule has 2 atom stereocenters. The number of hydrogen-bond acceptors (Lipinski definition) is 7. The van der Waals surface area contributed by atoms with Crippen LogP contribution in [0.2, 0.25) is 0 Å². The van der Waals surface area contributed by atoms with Crippen LogP contribution in [0, 0.1) is 19.8 Å². The van der Waals surface area contributed by atoms with Crippen molar-refractivity contribution in [2.24, 2.45) is 5.92 Å². The third kappa shape index (κ3) is 8.61. The Morgan fingerprint density at radius 3 is 2.57 bits per heavy atom. The smallest absolute Gasteiger partial charge is 0.326 e. The minimum atomic E-state index is -1.03. The first-order valence-electron chi connectivity index (χ1n) is 14.8. The van der Waals surface area contributed by atoms with Crippen molar-refractivity contribution in [3.8, 4) is 11.1 Å². The minimum Gasteiger partial charge on any atom is -0.480 e. The zero-order valence-electron chi connectivity index (χ0n) is 24.8. The normalized spacial score (nSPS) is 15.2. The summed E-state index contributed by atoms with van der Waals surface area (Å²) in [6.07, 6.45) is 12.4. The number of ether oxygens (including phenoxy) is 1. The molecule has 42 heavy (non-hydrogen) atoms. The highest BCUT2D eigenvalue weighted by molar-refractivity contribution is 7.98. The summed E-state index contributed by atoms with van der Waals surface area (Å²) in [6, 6.07) is 12.6. The van der Waals surface area contributed by atoms with E-state index in [1.165, 1.54) is 32.1 Å². The maximum absolute atomic E-state index is 13.4. The van der Waals surface area contributed by atoms with E-state index in [1.807, 2.05) is 56.5 Å². The van der Waals surface area contributed by atoms with Crippen molar-refractivity contribution in [3.05, 3.63) is 76.6 Å². The Hall–Kier alpha value is -3.30. The van der Waals surface area contributed by atoms with Gasteiger partial charge in [0.2, 0.25) is 0 Å². The number of hydrogen-bond donors (Lipinski definition) is 2. The van der Waals surface area contributed by atoms with Gasteiger partial charge in [0.15, 0.2) is 0 Å². The predicted octanol–water partition coefficient (Wildman–Crippen LogP) is 6.71. The number of carboxylic acid groups (broad SMARTS) is 1. The first-order chi connectivity index (χ1) is 20.4. The summed E-state index contributed by atoms with van der Waals surface area (Å²) < 4.78 is 6.56. The lowest BCUT2D eigenvalue weighted by molar-refractivity contribution is -0.139. The lowest BCUT2D eigenvalue weighted by atomic mass is 9.85. The number of carbonyl (C=O) groups is 2. The van der Waals surface area contributed by atoms with E-state index in [4.69, 9.17) is 4.74 Å². The second-order valence-electron chi connectivity index (χ2n) is 11.2. The Labute approximate surface area is 253 Å². The molecule has 3 aromatic rings. The van der Waals surface area contributed by atoms with Crippen LogP contribution in [-0.2, 0) is 16.1 Å². The van der Waals surface area contributed by atoms with Gasteiger partial charge < -0.3 is 15.2 Å². The number of benzene rings is 2. The van der Waals surface area contributed by atoms with Crippen LogP contribution in [-0.4, -0.2) is 50.4 Å². The van der Waals surface area contributed by atoms with E-state index in [1.54, 1.807) is 24.0 Å². The Morgan fingerprint density at radius 1 is 1.07 bits per heavy atom. The fraction of sp³-hybridized carbons (Fsp3) is 0.485. The Bertz CT molecular complexity index is 1350. The van der Waals surface area contributed by atoms with Crippen LogP contribution in [0.3, 0.4) is 0 Å². The quantitative estimate of drug-likeness (QED) is 0.213. The molecule has 1 heterocycles. The molecule has 0 bridgehead atoms. The van der Waals surface area contributed by atoms with Crippen LogP contribution in [0.15, 0.2) is 48.7 Å². The molecule has 0 radical (unpaired) electrons. The number of aryl methyl sites for hydroxylation is 2. The molecule has 0 aliphatic heterocycles. The fourth-order valence-electron chi connectivity index (χ4n) is 5.74. The Balaban J connectivity index is 1.58. The number of thioether (sulfide) groups is 1. The highest BCUT2D eigenvalue weighted by Gasteiger charge is 2.24. The monoisotopic (exact) mass is 590 g/mol. The van der Waals surface area contributed by atoms with E-state index in [-0.39, 0.29) is 6.10 Å². The molecule has 1 saturated carbocycles. The summed E-state index contributed by atoms with van der Waals surface area (Å²) in [5.41, 5.74) is 5.85. The standard InChI is InChI=1S/C33H42N4O4S/c1-22-9-7-8-12-26(22)28-19-25(13-15-27(28)32(38)35-30(33(39)40)17-18-42-3)21-41-31(29-20-34-37-36-23(29)2)16-14-24-10-5-4-6-11-24/h7-9,12-13,15,19-20,24,30-31H,4-6,10-11,14,16-18,21H2,1-3H3,(H,35,38)(H,39,40). The molecular weight excluding hydrogens is 548 g/mol. The van der Waals surface area contributed by atoms with Crippen molar-refractivity contribution in [1.29, 1.82) is 0 Å². The molecule has 1 aromatic heterocycles. The first-order valence-corrected chi connectivity index (χ1v) is 16.2. The van der Waals surface area contributed by atoms with Gasteiger partial charge in [-0.15, -0.1) is 10.2 Å². The van der Waals surface area contributed by atoms with Crippen molar-refractivity contribution in [2.45, 2.75) is 84.0 Å². The summed E-state index contributed by atoms with van der Waals surface area (Å²) in [4.78, 5) is 25.3. The second kappa shape index (κ2) is 15.8. The van der Waals surface area contributed by atoms with Gasteiger partial charge in [-0.1, -0.05) is 62.4 Å². The van der Waals surface area contributed by atoms with E-state index in [0.29, 0.717) is 24.3 Å². The van der Waals surface area contributed by atoms with Crippen LogP contribution < -0.4 is 5.32 Å². The summed E-state index contributed by atoms with van der Waals surface area (Å²) >= 11 is 1.55. The van der Waals surface area contributed by atoms with Gasteiger partial charge in [0.1, 0.15) is 6.04 Å². The molecule has 2 N–H and O–H groups in total. The van der Waals surface area contributed by atoms with Crippen LogP contribution in [0.25, 0.3) is 11.1 Å². The molecule has 2 aromatic carbocycles. The van der Waals surface area contributed by atoms with Crippen molar-refractivity contribution in [1.82, 2.24) is 20.7 Å². The Kier molecular flexibility index (Phi) is 11.9. The van der Waals surface area contributed by atoms with Gasteiger partial charge in [0.25, 0.3) is 5.91 Å². The van der Waals surface area contributed by atoms with Gasteiger partial charge in [-0.05, 0) is 90.6 Å². The summed E-state index contributed by atoms with van der Waals surface area (Å²) in [6.45, 7) is 4.30. The van der Waals surface area contributed by atoms with Crippen molar-refractivity contribution in [3.63, 3.8) is 0 Å². The van der Waals surface area contributed by atoms with Crippen LogP contribution in [0.1, 0.15) is 90.2 Å². The first kappa shape index (κ1) is 31.6. The average Bonchev–Trinajstić information content (AvgIpc) is 3.00. The summed E-state index contributed by atoms with van der Waals surface area (Å²) in [7, 11) is 0. The molecule has 0 spiro atoms. The third-order valence-electron chi connectivity index (χ3n) is 8.20. The van der Waals surface area contributed by atoms with Gasteiger partial charge >= 0.3 is 5.97 Å². The summed E-state index contributed by atoms with van der Waals surface area (Å²) in [5, 5.41) is 24.4. The third-order valence-corrected chi connectivity index (χ3v) is 8.84. The summed E-state index contributed by atoms with van der Waals surface area (Å²) in [5.74, 6) is -0.0650. The Morgan fingerprint density at radius 2 is 1.86 bits per heavy atom. The lowest BCUT2D eigenvalue weighted by Gasteiger charge is -2.25. The van der Waals surface area contributed by atoms with E-state index in [0.717, 1.165) is 52.3 Å². The van der Waals surface area contributed by atoms with E-state index in [2.05, 4.69) is 20.7 Å². The molecule has 1 aliphatic carbocycles. The molecule has 1 aliphatic rings. The van der Waals surface area contributed by atoms with Crippen LogP contribution in [0.4, 0.5) is 0 Å². The van der Waals surface area contributed by atoms with Gasteiger partial charge in [0.05, 0.1) is 24.6 Å². The number of nitrogens with one attached hydrogen (secondary N) is 1. The number of amides is 1. The number of aromatic nitrogens is 3. The van der Waals surface area contributed by atoms with E-state index >= 15 is 0 Å². The number of carbonyl (C=O) groups excluding carboxylic acids is 1. The number of rotatable bonds is 14. The van der Waals surface area contributed by atoms with Crippen molar-refractivity contribution < 1.29 is 19.4 Å². The topological polar surface area (TPSA) is 114 Å². The lowest BCUT2D eigenvalue weighted by Crippen LogP contribution is -2.41. The van der Waals surface area contributed by atoms with Crippen molar-refractivity contribution >= 4 is 23.6 Å².